The Morgan fingerprint density at radius 3 is 2.40 bits per heavy atom. The monoisotopic (exact) mass is 502 g/mol. The molecule has 0 radical (unpaired) electrons. The maximum atomic E-state index is 12.8. The zero-order chi connectivity index (χ0) is 25.3. The van der Waals surface area contributed by atoms with E-state index in [1.807, 2.05) is 71.3 Å². The lowest BCUT2D eigenvalue weighted by atomic mass is 10.1. The highest BCUT2D eigenvalue weighted by Gasteiger charge is 2.18. The predicted molar refractivity (Wildman–Crippen MR) is 141 cm³/mol. The third-order valence-electron chi connectivity index (χ3n) is 5.26. The molecule has 2 rings (SSSR count). The van der Waals surface area contributed by atoms with Gasteiger partial charge in [0.05, 0.1) is 6.54 Å². The predicted octanol–water partition coefficient (Wildman–Crippen LogP) is 4.84. The standard InChI is InChI=1S/C27H38N2O5S/c1-3-18-35-19-8-15-29(27(32)28-21-23-9-6-5-7-10-23)16-17-34-24-13-11-22(12-14-24)20-25(26(30)31)33-4-2/h5-7,9-14,25H,3-4,8,15-21H2,1-2H3,(H,28,32)(H,30,31). The molecule has 0 saturated carbocycles. The first-order valence-corrected chi connectivity index (χ1v) is 13.4. The molecule has 0 spiro atoms. The molecule has 0 aromatic heterocycles. The average molecular weight is 503 g/mol. The Hall–Kier alpha value is -2.71. The van der Waals surface area contributed by atoms with E-state index in [9.17, 15) is 14.7 Å². The van der Waals surface area contributed by atoms with E-state index < -0.39 is 12.1 Å². The van der Waals surface area contributed by atoms with Crippen molar-refractivity contribution in [2.45, 2.75) is 45.8 Å². The molecule has 192 valence electrons. The molecule has 2 aromatic rings. The highest BCUT2D eigenvalue weighted by Crippen LogP contribution is 2.15. The largest absolute Gasteiger partial charge is 0.492 e. The molecule has 0 aliphatic carbocycles. The van der Waals surface area contributed by atoms with Gasteiger partial charge in [-0.15, -0.1) is 0 Å². The number of carbonyl (C=O) groups excluding carboxylic acids is 1. The van der Waals surface area contributed by atoms with Crippen molar-refractivity contribution in [3.05, 3.63) is 65.7 Å². The summed E-state index contributed by atoms with van der Waals surface area (Å²) in [5.41, 5.74) is 1.93. The Balaban J connectivity index is 1.85. The molecule has 35 heavy (non-hydrogen) atoms. The van der Waals surface area contributed by atoms with Gasteiger partial charge in [-0.1, -0.05) is 49.4 Å². The van der Waals surface area contributed by atoms with Crippen molar-refractivity contribution in [1.29, 1.82) is 0 Å². The lowest BCUT2D eigenvalue weighted by Crippen LogP contribution is -2.42. The lowest BCUT2D eigenvalue weighted by molar-refractivity contribution is -0.149. The number of aliphatic carboxylic acids is 1. The van der Waals surface area contributed by atoms with E-state index in [0.29, 0.717) is 45.0 Å². The molecule has 8 heteroatoms. The summed E-state index contributed by atoms with van der Waals surface area (Å²) >= 11 is 1.91. The van der Waals surface area contributed by atoms with Gasteiger partial charge in [-0.2, -0.15) is 11.8 Å². The van der Waals surface area contributed by atoms with Crippen LogP contribution in [0, 0.1) is 0 Å². The molecule has 2 aromatic carbocycles. The van der Waals surface area contributed by atoms with E-state index in [4.69, 9.17) is 9.47 Å². The summed E-state index contributed by atoms with van der Waals surface area (Å²) < 4.78 is 11.2. The van der Waals surface area contributed by atoms with Crippen LogP contribution in [0.3, 0.4) is 0 Å². The smallest absolute Gasteiger partial charge is 0.333 e. The SMILES string of the molecule is CCCSCCCN(CCOc1ccc(CC(OCC)C(=O)O)cc1)C(=O)NCc1ccccc1. The van der Waals surface area contributed by atoms with Gasteiger partial charge in [0.2, 0.25) is 0 Å². The zero-order valence-electron chi connectivity index (χ0n) is 20.8. The van der Waals surface area contributed by atoms with Gasteiger partial charge in [0.15, 0.2) is 6.10 Å². The summed E-state index contributed by atoms with van der Waals surface area (Å²) in [5, 5.41) is 12.3. The van der Waals surface area contributed by atoms with Gasteiger partial charge in [0, 0.05) is 26.1 Å². The van der Waals surface area contributed by atoms with E-state index in [2.05, 4.69) is 12.2 Å². The van der Waals surface area contributed by atoms with E-state index >= 15 is 0 Å². The normalized spacial score (nSPS) is 11.6. The molecule has 0 saturated heterocycles. The van der Waals surface area contributed by atoms with Crippen molar-refractivity contribution >= 4 is 23.8 Å². The molecule has 0 fully saturated rings. The molecule has 0 bridgehead atoms. The van der Waals surface area contributed by atoms with Gasteiger partial charge >= 0.3 is 12.0 Å². The molecule has 1 atom stereocenters. The van der Waals surface area contributed by atoms with Gasteiger partial charge in [-0.3, -0.25) is 0 Å². The van der Waals surface area contributed by atoms with Gasteiger partial charge < -0.3 is 24.8 Å². The average Bonchev–Trinajstić information content (AvgIpc) is 2.87. The van der Waals surface area contributed by atoms with Gasteiger partial charge in [0.25, 0.3) is 0 Å². The Bertz CT molecular complexity index is 864. The zero-order valence-corrected chi connectivity index (χ0v) is 21.6. The molecule has 2 amide bonds. The number of carbonyl (C=O) groups is 2. The molecular weight excluding hydrogens is 464 g/mol. The number of urea groups is 1. The molecule has 2 N–H and O–H groups in total. The maximum absolute atomic E-state index is 12.8. The molecule has 0 aliphatic rings. The van der Waals surface area contributed by atoms with Gasteiger partial charge in [-0.25, -0.2) is 9.59 Å². The highest BCUT2D eigenvalue weighted by atomic mass is 32.2. The van der Waals surface area contributed by atoms with Crippen LogP contribution >= 0.6 is 11.8 Å². The maximum Gasteiger partial charge on any atom is 0.333 e. The van der Waals surface area contributed by atoms with Crippen molar-refractivity contribution in [2.75, 3.05) is 37.8 Å². The second-order valence-electron chi connectivity index (χ2n) is 8.08. The number of benzene rings is 2. The number of carboxylic acid groups (broad SMARTS) is 1. The molecular formula is C27H38N2O5S. The van der Waals surface area contributed by atoms with Crippen LogP contribution in [0.15, 0.2) is 54.6 Å². The number of nitrogens with one attached hydrogen (secondary N) is 1. The summed E-state index contributed by atoms with van der Waals surface area (Å²) in [6.45, 7) is 6.32. The fraction of sp³-hybridized carbons (Fsp3) is 0.481. The van der Waals surface area contributed by atoms with E-state index in [1.54, 1.807) is 6.92 Å². The molecule has 0 heterocycles. The lowest BCUT2D eigenvalue weighted by Gasteiger charge is -2.23. The second kappa shape index (κ2) is 16.8. The Labute approximate surface area is 213 Å². The second-order valence-corrected chi connectivity index (χ2v) is 9.30. The number of thioether (sulfide) groups is 1. The van der Waals surface area contributed by atoms with Crippen LogP contribution < -0.4 is 10.1 Å². The first kappa shape index (κ1) is 28.5. The van der Waals surface area contributed by atoms with Crippen LogP contribution in [0.5, 0.6) is 5.75 Å². The quantitative estimate of drug-likeness (QED) is 0.301. The number of rotatable bonds is 17. The number of hydrogen-bond donors (Lipinski definition) is 2. The molecule has 7 nitrogen and oxygen atoms in total. The van der Waals surface area contributed by atoms with Crippen molar-refractivity contribution in [1.82, 2.24) is 10.2 Å². The number of nitrogens with zero attached hydrogens (tertiary/aromatic N) is 1. The first-order valence-electron chi connectivity index (χ1n) is 12.2. The number of carboxylic acids is 1. The minimum Gasteiger partial charge on any atom is -0.492 e. The van der Waals surface area contributed by atoms with E-state index in [1.165, 1.54) is 0 Å². The summed E-state index contributed by atoms with van der Waals surface area (Å²) in [4.78, 5) is 25.9. The van der Waals surface area contributed by atoms with E-state index in [-0.39, 0.29) is 6.03 Å². The van der Waals surface area contributed by atoms with E-state index in [0.717, 1.165) is 35.5 Å². The highest BCUT2D eigenvalue weighted by molar-refractivity contribution is 7.99. The van der Waals surface area contributed by atoms with Crippen molar-refractivity contribution < 1.29 is 24.2 Å². The van der Waals surface area contributed by atoms with Crippen LogP contribution in [0.2, 0.25) is 0 Å². The first-order chi connectivity index (χ1) is 17.0. The molecule has 0 aliphatic heterocycles. The van der Waals surface area contributed by atoms with Gasteiger partial charge in [0.1, 0.15) is 12.4 Å². The fourth-order valence-corrected chi connectivity index (χ4v) is 4.26. The Morgan fingerprint density at radius 2 is 1.74 bits per heavy atom. The number of amides is 2. The van der Waals surface area contributed by atoms with Crippen molar-refractivity contribution in [3.8, 4) is 5.75 Å². The fourth-order valence-electron chi connectivity index (χ4n) is 3.43. The summed E-state index contributed by atoms with van der Waals surface area (Å²) in [6, 6.07) is 17.1. The minimum atomic E-state index is -0.967. The summed E-state index contributed by atoms with van der Waals surface area (Å²) in [5.74, 6) is 1.88. The summed E-state index contributed by atoms with van der Waals surface area (Å²) in [6.07, 6.45) is 1.53. The Kier molecular flexibility index (Phi) is 13.7. The third kappa shape index (κ3) is 11.5. The number of ether oxygens (including phenoxy) is 2. The van der Waals surface area contributed by atoms with Crippen LogP contribution in [0.4, 0.5) is 4.79 Å². The summed E-state index contributed by atoms with van der Waals surface area (Å²) in [7, 11) is 0. The Morgan fingerprint density at radius 1 is 1.00 bits per heavy atom. The van der Waals surface area contributed by atoms with Crippen molar-refractivity contribution in [3.63, 3.8) is 0 Å². The minimum absolute atomic E-state index is 0.0936. The third-order valence-corrected chi connectivity index (χ3v) is 6.53. The van der Waals surface area contributed by atoms with Crippen LogP contribution in [0.25, 0.3) is 0 Å². The van der Waals surface area contributed by atoms with Crippen LogP contribution in [-0.2, 0) is 22.5 Å². The van der Waals surface area contributed by atoms with Crippen molar-refractivity contribution in [2.24, 2.45) is 0 Å². The number of hydrogen-bond acceptors (Lipinski definition) is 5. The van der Waals surface area contributed by atoms with Gasteiger partial charge in [-0.05, 0) is 54.5 Å². The van der Waals surface area contributed by atoms with Crippen LogP contribution in [0.1, 0.15) is 37.8 Å². The van der Waals surface area contributed by atoms with Crippen LogP contribution in [-0.4, -0.2) is 65.9 Å². The molecule has 1 unspecified atom stereocenters. The topological polar surface area (TPSA) is 88.1 Å².